The maximum atomic E-state index is 13.2. The summed E-state index contributed by atoms with van der Waals surface area (Å²) in [5.41, 5.74) is 4.04. The van der Waals surface area contributed by atoms with E-state index in [1.165, 1.54) is 5.56 Å². The van der Waals surface area contributed by atoms with Crippen LogP contribution in [-0.2, 0) is 11.2 Å². The Balaban J connectivity index is 1.82. The van der Waals surface area contributed by atoms with Crippen molar-refractivity contribution in [2.45, 2.75) is 32.6 Å². The molecule has 0 radical (unpaired) electrons. The number of benzene rings is 2. The summed E-state index contributed by atoms with van der Waals surface area (Å²) >= 11 is 6.05. The van der Waals surface area contributed by atoms with Gasteiger partial charge >= 0.3 is 0 Å². The molecule has 1 N–H and O–H groups in total. The Morgan fingerprint density at radius 3 is 2.79 bits per heavy atom. The van der Waals surface area contributed by atoms with E-state index in [4.69, 9.17) is 11.6 Å². The van der Waals surface area contributed by atoms with Crippen molar-refractivity contribution in [1.82, 2.24) is 9.78 Å². The van der Waals surface area contributed by atoms with E-state index in [2.05, 4.69) is 23.4 Å². The van der Waals surface area contributed by atoms with Crippen molar-refractivity contribution in [1.29, 1.82) is 0 Å². The minimum Gasteiger partial charge on any atom is -0.310 e. The molecule has 142 valence electrons. The predicted molar refractivity (Wildman–Crippen MR) is 109 cm³/mol. The third kappa shape index (κ3) is 3.22. The Kier molecular flexibility index (Phi) is 4.77. The topological polar surface area (TPSA) is 64.0 Å². The molecule has 1 amide bonds. The summed E-state index contributed by atoms with van der Waals surface area (Å²) in [5.74, 6) is -0.322. The van der Waals surface area contributed by atoms with Crippen molar-refractivity contribution in [2.75, 3.05) is 5.32 Å². The van der Waals surface area contributed by atoms with E-state index in [0.717, 1.165) is 23.4 Å². The smallest absolute Gasteiger partial charge is 0.226 e. The maximum absolute atomic E-state index is 13.2. The van der Waals surface area contributed by atoms with Gasteiger partial charge in [0.1, 0.15) is 5.82 Å². The van der Waals surface area contributed by atoms with E-state index in [-0.39, 0.29) is 18.1 Å². The number of carbonyl (C=O) groups is 2. The summed E-state index contributed by atoms with van der Waals surface area (Å²) in [7, 11) is 0. The van der Waals surface area contributed by atoms with Crippen LogP contribution in [0.25, 0.3) is 5.69 Å². The number of hydrogen-bond donors (Lipinski definition) is 1. The van der Waals surface area contributed by atoms with Gasteiger partial charge < -0.3 is 5.32 Å². The Bertz CT molecular complexity index is 1090. The van der Waals surface area contributed by atoms with Gasteiger partial charge in [0.25, 0.3) is 0 Å². The number of anilines is 1. The van der Waals surface area contributed by atoms with Crippen LogP contribution in [0, 0.1) is 6.92 Å². The van der Waals surface area contributed by atoms with Gasteiger partial charge in [-0.3, -0.25) is 9.59 Å². The number of aromatic nitrogens is 2. The van der Waals surface area contributed by atoms with Crippen LogP contribution < -0.4 is 5.32 Å². The molecule has 1 aliphatic rings. The molecule has 6 heteroatoms. The van der Waals surface area contributed by atoms with E-state index >= 15 is 0 Å². The zero-order valence-electron chi connectivity index (χ0n) is 15.7. The van der Waals surface area contributed by atoms with Gasteiger partial charge in [0.15, 0.2) is 5.78 Å². The molecule has 2 aromatic carbocycles. The first kappa shape index (κ1) is 18.4. The number of nitrogens with one attached hydrogen (secondary N) is 1. The molecular weight excluding hydrogens is 374 g/mol. The van der Waals surface area contributed by atoms with E-state index < -0.39 is 5.92 Å². The minimum absolute atomic E-state index is 0.0971. The largest absolute Gasteiger partial charge is 0.310 e. The van der Waals surface area contributed by atoms with Gasteiger partial charge in [-0.15, -0.1) is 0 Å². The highest BCUT2D eigenvalue weighted by molar-refractivity contribution is 6.31. The number of aryl methyl sites for hydroxylation is 2. The van der Waals surface area contributed by atoms with E-state index in [1.807, 2.05) is 25.1 Å². The summed E-state index contributed by atoms with van der Waals surface area (Å²) in [6, 6.07) is 14.8. The number of amides is 1. The fraction of sp³-hybridized carbons (Fsp3) is 0.227. The number of nitrogens with zero attached hydrogens (tertiary/aromatic N) is 2. The van der Waals surface area contributed by atoms with Gasteiger partial charge in [0, 0.05) is 22.6 Å². The molecule has 5 nitrogen and oxygen atoms in total. The monoisotopic (exact) mass is 393 g/mol. The molecule has 28 heavy (non-hydrogen) atoms. The highest BCUT2D eigenvalue weighted by atomic mass is 35.5. The molecule has 0 saturated heterocycles. The minimum atomic E-state index is -0.578. The fourth-order valence-electron chi connectivity index (χ4n) is 3.71. The molecule has 0 saturated carbocycles. The van der Waals surface area contributed by atoms with Crippen LogP contribution in [0.5, 0.6) is 0 Å². The maximum Gasteiger partial charge on any atom is 0.226 e. The van der Waals surface area contributed by atoms with Crippen molar-refractivity contribution in [3.63, 3.8) is 0 Å². The SMILES string of the molecule is CCc1cccc(-n2nc(C)c3c2NC(=O)C[C@@H]3C(=O)c2cccc(Cl)c2)c1. The quantitative estimate of drug-likeness (QED) is 0.653. The zero-order chi connectivity index (χ0) is 19.8. The first-order valence-electron chi connectivity index (χ1n) is 9.26. The number of rotatable bonds is 4. The molecule has 3 aromatic rings. The second kappa shape index (κ2) is 7.24. The molecule has 0 unspecified atom stereocenters. The number of carbonyl (C=O) groups excluding carboxylic acids is 2. The molecule has 0 bridgehead atoms. The van der Waals surface area contributed by atoms with Crippen LogP contribution in [0.1, 0.15) is 46.4 Å². The van der Waals surface area contributed by atoms with Gasteiger partial charge in [-0.2, -0.15) is 5.10 Å². The third-order valence-corrected chi connectivity index (χ3v) is 5.33. The van der Waals surface area contributed by atoms with E-state index in [0.29, 0.717) is 16.4 Å². The molecule has 1 atom stereocenters. The first-order chi connectivity index (χ1) is 13.5. The zero-order valence-corrected chi connectivity index (χ0v) is 16.5. The lowest BCUT2D eigenvalue weighted by Gasteiger charge is -2.23. The number of fused-ring (bicyclic) bond motifs is 1. The average Bonchev–Trinajstić information content (AvgIpc) is 3.03. The molecule has 1 aromatic heterocycles. The van der Waals surface area contributed by atoms with Gasteiger partial charge in [0.05, 0.1) is 17.3 Å². The summed E-state index contributed by atoms with van der Waals surface area (Å²) in [6.45, 7) is 3.96. The Labute approximate surface area is 168 Å². The average molecular weight is 394 g/mol. The lowest BCUT2D eigenvalue weighted by Crippen LogP contribution is -2.28. The van der Waals surface area contributed by atoms with Crippen molar-refractivity contribution in [2.24, 2.45) is 0 Å². The lowest BCUT2D eigenvalue weighted by molar-refractivity contribution is -0.116. The number of hydrogen-bond acceptors (Lipinski definition) is 3. The van der Waals surface area contributed by atoms with E-state index in [9.17, 15) is 9.59 Å². The van der Waals surface area contributed by atoms with Gasteiger partial charge in [-0.1, -0.05) is 42.8 Å². The van der Waals surface area contributed by atoms with Crippen LogP contribution >= 0.6 is 11.6 Å². The van der Waals surface area contributed by atoms with Gasteiger partial charge in [-0.05, 0) is 43.2 Å². The molecule has 2 heterocycles. The van der Waals surface area contributed by atoms with Crippen molar-refractivity contribution >= 4 is 29.1 Å². The number of halogens is 1. The molecular formula is C22H20ClN3O2. The lowest BCUT2D eigenvalue weighted by atomic mass is 9.85. The summed E-state index contributed by atoms with van der Waals surface area (Å²) < 4.78 is 1.72. The summed E-state index contributed by atoms with van der Waals surface area (Å²) in [5, 5.41) is 8.05. The molecule has 1 aliphatic heterocycles. The molecule has 4 rings (SSSR count). The van der Waals surface area contributed by atoms with Crippen molar-refractivity contribution in [3.8, 4) is 5.69 Å². The normalized spacial score (nSPS) is 15.8. The molecule has 0 spiro atoms. The second-order valence-electron chi connectivity index (χ2n) is 6.96. The van der Waals surface area contributed by atoms with Crippen LogP contribution in [-0.4, -0.2) is 21.5 Å². The molecule has 0 aliphatic carbocycles. The first-order valence-corrected chi connectivity index (χ1v) is 9.64. The Morgan fingerprint density at radius 2 is 2.04 bits per heavy atom. The Hall–Kier alpha value is -2.92. The Morgan fingerprint density at radius 1 is 1.25 bits per heavy atom. The predicted octanol–water partition coefficient (Wildman–Crippen LogP) is 4.71. The van der Waals surface area contributed by atoms with Gasteiger partial charge in [-0.25, -0.2) is 4.68 Å². The highest BCUT2D eigenvalue weighted by Gasteiger charge is 2.36. The second-order valence-corrected chi connectivity index (χ2v) is 7.40. The molecule has 0 fully saturated rings. The van der Waals surface area contributed by atoms with Gasteiger partial charge in [0.2, 0.25) is 5.91 Å². The van der Waals surface area contributed by atoms with Crippen LogP contribution in [0.2, 0.25) is 5.02 Å². The van der Waals surface area contributed by atoms with Crippen LogP contribution in [0.4, 0.5) is 5.82 Å². The van der Waals surface area contributed by atoms with Crippen molar-refractivity contribution < 1.29 is 9.59 Å². The fourth-order valence-corrected chi connectivity index (χ4v) is 3.90. The van der Waals surface area contributed by atoms with Crippen LogP contribution in [0.15, 0.2) is 48.5 Å². The summed E-state index contributed by atoms with van der Waals surface area (Å²) in [4.78, 5) is 25.6. The number of Topliss-reactive ketones (excluding diaryl/α,β-unsaturated/α-hetero) is 1. The third-order valence-electron chi connectivity index (χ3n) is 5.09. The van der Waals surface area contributed by atoms with E-state index in [1.54, 1.807) is 28.9 Å². The van der Waals surface area contributed by atoms with Crippen LogP contribution in [0.3, 0.4) is 0 Å². The highest BCUT2D eigenvalue weighted by Crippen LogP contribution is 2.38. The van der Waals surface area contributed by atoms with Crippen molar-refractivity contribution in [3.05, 3.63) is 75.9 Å². The standard InChI is InChI=1S/C22H20ClN3O2/c1-3-14-6-4-9-17(10-14)26-22-20(13(2)25-26)18(12-19(27)24-22)21(28)15-7-5-8-16(23)11-15/h4-11,18H,3,12H2,1-2H3,(H,24,27)/t18-/m0/s1. The number of ketones is 1. The summed E-state index contributed by atoms with van der Waals surface area (Å²) in [6.07, 6.45) is 0.998.